The Hall–Kier alpha value is -2.52. The average molecular weight is 459 g/mol. The van der Waals surface area contributed by atoms with E-state index in [4.69, 9.17) is 4.42 Å². The van der Waals surface area contributed by atoms with Crippen molar-refractivity contribution in [2.24, 2.45) is 5.92 Å². The Kier molecular flexibility index (Phi) is 7.05. The largest absolute Gasteiger partial charge is 0.412 e. The molecule has 0 radical (unpaired) electrons. The second-order valence-corrected chi connectivity index (χ2v) is 10.6. The lowest BCUT2D eigenvalue weighted by Gasteiger charge is -2.29. The number of piperidine rings is 1. The summed E-state index contributed by atoms with van der Waals surface area (Å²) in [4.78, 5) is 12.5. The summed E-state index contributed by atoms with van der Waals surface area (Å²) in [5.41, 5.74) is 1.95. The van der Waals surface area contributed by atoms with Crippen LogP contribution in [0, 0.1) is 5.92 Å². The number of hydrogen-bond donors (Lipinski definition) is 1. The topological polar surface area (TPSA) is 105 Å². The SMILES string of the molecule is CC1CCN(S(=O)(=O)c2ccc(-c3nnc(C(=O)NCCC4=CCCCC4)o3)cc2)CC1. The second kappa shape index (κ2) is 9.95. The smallest absolute Gasteiger partial charge is 0.308 e. The number of sulfonamides is 1. The zero-order chi connectivity index (χ0) is 22.6. The van der Waals surface area contributed by atoms with E-state index in [0.717, 1.165) is 32.1 Å². The van der Waals surface area contributed by atoms with Crippen molar-refractivity contribution >= 4 is 15.9 Å². The van der Waals surface area contributed by atoms with Crippen molar-refractivity contribution in [1.29, 1.82) is 0 Å². The molecule has 9 heteroatoms. The van der Waals surface area contributed by atoms with Crippen LogP contribution in [-0.2, 0) is 10.0 Å². The summed E-state index contributed by atoms with van der Waals surface area (Å²) < 4.78 is 32.8. The molecule has 172 valence electrons. The van der Waals surface area contributed by atoms with Crippen molar-refractivity contribution in [1.82, 2.24) is 19.8 Å². The van der Waals surface area contributed by atoms with E-state index in [1.165, 1.54) is 18.4 Å². The Bertz CT molecular complexity index is 1070. The van der Waals surface area contributed by atoms with E-state index in [-0.39, 0.29) is 16.7 Å². The molecule has 1 aliphatic heterocycles. The highest BCUT2D eigenvalue weighted by atomic mass is 32.2. The number of rotatable bonds is 7. The minimum Gasteiger partial charge on any atom is -0.412 e. The standard InChI is InChI=1S/C23H30N4O4S/c1-17-12-15-27(16-13-17)32(29,30)20-9-7-19(8-10-20)22-25-26-23(31-22)21(28)24-14-11-18-5-3-2-4-6-18/h5,7-10,17H,2-4,6,11-16H2,1H3,(H,24,28). The van der Waals surface area contributed by atoms with E-state index in [1.54, 1.807) is 28.6 Å². The molecule has 1 aromatic carbocycles. The zero-order valence-electron chi connectivity index (χ0n) is 18.4. The van der Waals surface area contributed by atoms with Gasteiger partial charge in [-0.25, -0.2) is 8.42 Å². The quantitative estimate of drug-likeness (QED) is 0.633. The monoisotopic (exact) mass is 458 g/mol. The average Bonchev–Trinajstić information content (AvgIpc) is 3.31. The zero-order valence-corrected chi connectivity index (χ0v) is 19.2. The van der Waals surface area contributed by atoms with Crippen LogP contribution in [-0.4, -0.2) is 48.5 Å². The number of carbonyl (C=O) groups is 1. The Balaban J connectivity index is 1.36. The lowest BCUT2D eigenvalue weighted by Crippen LogP contribution is -2.37. The Morgan fingerprint density at radius 2 is 1.91 bits per heavy atom. The number of allylic oxidation sites excluding steroid dienone is 1. The van der Waals surface area contributed by atoms with Crippen molar-refractivity contribution in [3.05, 3.63) is 41.8 Å². The minimum absolute atomic E-state index is 0.100. The molecule has 8 nitrogen and oxygen atoms in total. The molecule has 1 aromatic heterocycles. The van der Waals surface area contributed by atoms with Crippen LogP contribution in [0.15, 0.2) is 45.2 Å². The van der Waals surface area contributed by atoms with Crippen LogP contribution in [0.5, 0.6) is 0 Å². The highest BCUT2D eigenvalue weighted by Gasteiger charge is 2.28. The molecule has 1 N–H and O–H groups in total. The van der Waals surface area contributed by atoms with Crippen LogP contribution in [0.3, 0.4) is 0 Å². The third-order valence-electron chi connectivity index (χ3n) is 6.22. The molecule has 0 atom stereocenters. The van der Waals surface area contributed by atoms with Crippen molar-refractivity contribution in [2.45, 2.75) is 56.8 Å². The predicted molar refractivity (Wildman–Crippen MR) is 120 cm³/mol. The summed E-state index contributed by atoms with van der Waals surface area (Å²) in [5, 5.41) is 10.6. The summed E-state index contributed by atoms with van der Waals surface area (Å²) in [6.45, 7) is 3.77. The van der Waals surface area contributed by atoms with E-state index in [1.807, 2.05) is 0 Å². The van der Waals surface area contributed by atoms with Gasteiger partial charge in [0.2, 0.25) is 15.9 Å². The number of hydrogen-bond acceptors (Lipinski definition) is 6. The van der Waals surface area contributed by atoms with Crippen molar-refractivity contribution in [3.63, 3.8) is 0 Å². The fourth-order valence-corrected chi connectivity index (χ4v) is 5.59. The first-order chi connectivity index (χ1) is 15.4. The van der Waals surface area contributed by atoms with Gasteiger partial charge in [0.25, 0.3) is 0 Å². The summed E-state index contributed by atoms with van der Waals surface area (Å²) in [6.07, 6.45) is 9.52. The van der Waals surface area contributed by atoms with Gasteiger partial charge in [-0.15, -0.1) is 10.2 Å². The Morgan fingerprint density at radius 1 is 1.16 bits per heavy atom. The molecule has 0 spiro atoms. The maximum absolute atomic E-state index is 12.9. The number of amides is 1. The first kappa shape index (κ1) is 22.7. The molecule has 0 unspecified atom stereocenters. The molecule has 2 aromatic rings. The number of carbonyl (C=O) groups excluding carboxylic acids is 1. The summed E-state index contributed by atoms with van der Waals surface area (Å²) in [5.74, 6) is 0.230. The van der Waals surface area contributed by atoms with Gasteiger partial charge in [-0.1, -0.05) is 18.6 Å². The van der Waals surface area contributed by atoms with Gasteiger partial charge in [-0.05, 0) is 75.1 Å². The minimum atomic E-state index is -3.51. The van der Waals surface area contributed by atoms with Gasteiger partial charge in [0.05, 0.1) is 4.90 Å². The lowest BCUT2D eigenvalue weighted by molar-refractivity contribution is 0.0920. The second-order valence-electron chi connectivity index (χ2n) is 8.64. The van der Waals surface area contributed by atoms with E-state index in [0.29, 0.717) is 31.1 Å². The van der Waals surface area contributed by atoms with Gasteiger partial charge in [0.1, 0.15) is 0 Å². The molecule has 1 saturated heterocycles. The molecule has 0 bridgehead atoms. The molecule has 1 amide bonds. The first-order valence-corrected chi connectivity index (χ1v) is 12.8. The fourth-order valence-electron chi connectivity index (χ4n) is 4.12. The molecule has 32 heavy (non-hydrogen) atoms. The van der Waals surface area contributed by atoms with Crippen LogP contribution in [0.2, 0.25) is 0 Å². The maximum atomic E-state index is 12.9. The van der Waals surface area contributed by atoms with Gasteiger partial charge in [0.15, 0.2) is 0 Å². The van der Waals surface area contributed by atoms with Crippen molar-refractivity contribution in [2.75, 3.05) is 19.6 Å². The van der Waals surface area contributed by atoms with Crippen LogP contribution in [0.1, 0.15) is 62.6 Å². The highest BCUT2D eigenvalue weighted by Crippen LogP contribution is 2.26. The third-order valence-corrected chi connectivity index (χ3v) is 8.13. The van der Waals surface area contributed by atoms with E-state index in [2.05, 4.69) is 28.5 Å². The molecule has 4 rings (SSSR count). The maximum Gasteiger partial charge on any atom is 0.308 e. The van der Waals surface area contributed by atoms with E-state index >= 15 is 0 Å². The summed E-state index contributed by atoms with van der Waals surface area (Å²) in [7, 11) is -3.51. The van der Waals surface area contributed by atoms with Gasteiger partial charge < -0.3 is 9.73 Å². The van der Waals surface area contributed by atoms with Gasteiger partial charge in [0, 0.05) is 25.2 Å². The summed E-state index contributed by atoms with van der Waals surface area (Å²) in [6, 6.07) is 6.35. The highest BCUT2D eigenvalue weighted by molar-refractivity contribution is 7.89. The van der Waals surface area contributed by atoms with Gasteiger partial charge >= 0.3 is 11.8 Å². The first-order valence-electron chi connectivity index (χ1n) is 11.3. The molecule has 1 fully saturated rings. The van der Waals surface area contributed by atoms with Crippen LogP contribution in [0.25, 0.3) is 11.5 Å². The molecular weight excluding hydrogens is 428 g/mol. The van der Waals surface area contributed by atoms with Gasteiger partial charge in [-0.2, -0.15) is 4.31 Å². The fraction of sp³-hybridized carbons (Fsp3) is 0.522. The number of benzene rings is 1. The third kappa shape index (κ3) is 5.27. The van der Waals surface area contributed by atoms with Crippen LogP contribution >= 0.6 is 0 Å². The molecule has 1 aliphatic carbocycles. The van der Waals surface area contributed by atoms with Crippen LogP contribution < -0.4 is 5.32 Å². The number of nitrogens with zero attached hydrogens (tertiary/aromatic N) is 3. The lowest BCUT2D eigenvalue weighted by atomic mass is 9.97. The van der Waals surface area contributed by atoms with Gasteiger partial charge in [-0.3, -0.25) is 4.79 Å². The molecule has 0 saturated carbocycles. The molecule has 2 aliphatic rings. The normalized spacial score (nSPS) is 18.3. The predicted octanol–water partition coefficient (Wildman–Crippen LogP) is 3.78. The van der Waals surface area contributed by atoms with Crippen LogP contribution in [0.4, 0.5) is 0 Å². The molecular formula is C23H30N4O4S. The number of aromatic nitrogens is 2. The van der Waals surface area contributed by atoms with E-state index in [9.17, 15) is 13.2 Å². The Labute approximate surface area is 189 Å². The number of nitrogens with one attached hydrogen (secondary N) is 1. The Morgan fingerprint density at radius 3 is 2.59 bits per heavy atom. The van der Waals surface area contributed by atoms with E-state index < -0.39 is 15.9 Å². The van der Waals surface area contributed by atoms with Crippen molar-refractivity contribution in [3.8, 4) is 11.5 Å². The summed E-state index contributed by atoms with van der Waals surface area (Å²) >= 11 is 0. The molecule has 2 heterocycles. The van der Waals surface area contributed by atoms with Crippen molar-refractivity contribution < 1.29 is 17.6 Å².